The number of pyridine rings is 1. The summed E-state index contributed by atoms with van der Waals surface area (Å²) in [6, 6.07) is 10.6. The number of hydrogen-bond donors (Lipinski definition) is 1. The fourth-order valence-corrected chi connectivity index (χ4v) is 1.97. The zero-order valence-corrected chi connectivity index (χ0v) is 10.4. The summed E-state index contributed by atoms with van der Waals surface area (Å²) < 4.78 is 0. The smallest absolute Gasteiger partial charge is 0.0303 e. The number of benzene rings is 1. The molecule has 0 amide bonds. The molecule has 1 aromatic carbocycles. The van der Waals surface area contributed by atoms with Crippen LogP contribution in [0.3, 0.4) is 0 Å². The van der Waals surface area contributed by atoms with Gasteiger partial charge in [-0.3, -0.25) is 4.98 Å². The maximum Gasteiger partial charge on any atom is 0.0303 e. The van der Waals surface area contributed by atoms with Gasteiger partial charge in [0.15, 0.2) is 0 Å². The van der Waals surface area contributed by atoms with E-state index in [0.29, 0.717) is 0 Å². The molecule has 1 atom stereocenters. The van der Waals surface area contributed by atoms with Gasteiger partial charge in [-0.15, -0.1) is 0 Å². The Bertz CT molecular complexity index is 506. The highest BCUT2D eigenvalue weighted by atomic mass is 14.6. The lowest BCUT2D eigenvalue weighted by molar-refractivity contribution is 0.699. The first-order chi connectivity index (χ1) is 8.22. The third-order valence-corrected chi connectivity index (χ3v) is 3.09. The second-order valence-corrected chi connectivity index (χ2v) is 4.33. The molecule has 88 valence electrons. The molecule has 0 aliphatic heterocycles. The molecule has 0 spiro atoms. The van der Waals surface area contributed by atoms with Gasteiger partial charge in [0.25, 0.3) is 0 Å². The van der Waals surface area contributed by atoms with Crippen molar-refractivity contribution in [3.63, 3.8) is 0 Å². The van der Waals surface area contributed by atoms with Crippen molar-refractivity contribution in [1.82, 2.24) is 4.98 Å². The van der Waals surface area contributed by atoms with E-state index in [1.807, 2.05) is 18.5 Å². The second-order valence-electron chi connectivity index (χ2n) is 4.33. The molecule has 1 aromatic heterocycles. The normalized spacial score (nSPS) is 12.4. The van der Waals surface area contributed by atoms with Crippen molar-refractivity contribution in [3.05, 3.63) is 53.9 Å². The van der Waals surface area contributed by atoms with Crippen LogP contribution in [0.1, 0.15) is 30.5 Å². The molecule has 0 aliphatic rings. The van der Waals surface area contributed by atoms with E-state index in [0.717, 1.165) is 6.42 Å². The number of aromatic nitrogens is 1. The van der Waals surface area contributed by atoms with Gasteiger partial charge in [-0.2, -0.15) is 0 Å². The predicted molar refractivity (Wildman–Crippen MR) is 71.6 cm³/mol. The molecule has 1 heterocycles. The van der Waals surface area contributed by atoms with Gasteiger partial charge in [0, 0.05) is 18.4 Å². The largest absolute Gasteiger partial charge is 0.324 e. The van der Waals surface area contributed by atoms with Crippen LogP contribution < -0.4 is 5.73 Å². The quantitative estimate of drug-likeness (QED) is 0.870. The zero-order valence-electron chi connectivity index (χ0n) is 10.4. The lowest BCUT2D eigenvalue weighted by Crippen LogP contribution is -2.08. The van der Waals surface area contributed by atoms with E-state index in [-0.39, 0.29) is 6.04 Å². The summed E-state index contributed by atoms with van der Waals surface area (Å²) in [6.07, 6.45) is 4.68. The summed E-state index contributed by atoms with van der Waals surface area (Å²) in [4.78, 5) is 4.12. The molecular formula is C15H18N2. The summed E-state index contributed by atoms with van der Waals surface area (Å²) in [5.41, 5.74) is 10.9. The number of aryl methyl sites for hydroxylation is 1. The maximum atomic E-state index is 6.07. The summed E-state index contributed by atoms with van der Waals surface area (Å²) in [5.74, 6) is 0. The molecule has 0 fully saturated rings. The van der Waals surface area contributed by atoms with Crippen molar-refractivity contribution < 1.29 is 0 Å². The van der Waals surface area contributed by atoms with Gasteiger partial charge in [0.05, 0.1) is 0 Å². The maximum absolute atomic E-state index is 6.07. The highest BCUT2D eigenvalue weighted by Gasteiger charge is 2.06. The molecule has 0 saturated carbocycles. The van der Waals surface area contributed by atoms with Crippen LogP contribution in [0.15, 0.2) is 42.7 Å². The SMILES string of the molecule is CCC(N)c1cccc(-c2ccncc2C)c1. The fraction of sp³-hybridized carbons (Fsp3) is 0.267. The minimum atomic E-state index is 0.122. The number of nitrogens with zero attached hydrogens (tertiary/aromatic N) is 1. The van der Waals surface area contributed by atoms with Crippen molar-refractivity contribution in [2.75, 3.05) is 0 Å². The molecule has 2 N–H and O–H groups in total. The first-order valence-corrected chi connectivity index (χ1v) is 5.99. The van der Waals surface area contributed by atoms with Gasteiger partial charge < -0.3 is 5.73 Å². The van der Waals surface area contributed by atoms with Gasteiger partial charge in [0.1, 0.15) is 0 Å². The monoisotopic (exact) mass is 226 g/mol. The summed E-state index contributed by atoms with van der Waals surface area (Å²) >= 11 is 0. The van der Waals surface area contributed by atoms with E-state index in [4.69, 9.17) is 5.73 Å². The van der Waals surface area contributed by atoms with Gasteiger partial charge in [-0.05, 0) is 47.7 Å². The van der Waals surface area contributed by atoms with Crippen LogP contribution in [-0.2, 0) is 0 Å². The standard InChI is InChI=1S/C15H18N2/c1-3-15(16)13-6-4-5-12(9-13)14-7-8-17-10-11(14)2/h4-10,15H,3,16H2,1-2H3. The van der Waals surface area contributed by atoms with E-state index in [1.54, 1.807) is 0 Å². The summed E-state index contributed by atoms with van der Waals surface area (Å²) in [7, 11) is 0. The molecule has 17 heavy (non-hydrogen) atoms. The molecule has 2 heteroatoms. The highest BCUT2D eigenvalue weighted by Crippen LogP contribution is 2.25. The molecule has 0 saturated heterocycles. The Morgan fingerprint density at radius 1 is 1.29 bits per heavy atom. The fourth-order valence-electron chi connectivity index (χ4n) is 1.97. The minimum absolute atomic E-state index is 0.122. The van der Waals surface area contributed by atoms with Crippen LogP contribution in [-0.4, -0.2) is 4.98 Å². The van der Waals surface area contributed by atoms with Gasteiger partial charge in [-0.25, -0.2) is 0 Å². The third-order valence-electron chi connectivity index (χ3n) is 3.09. The van der Waals surface area contributed by atoms with E-state index < -0.39 is 0 Å². The molecule has 2 aromatic rings. The molecule has 0 radical (unpaired) electrons. The Balaban J connectivity index is 2.43. The van der Waals surface area contributed by atoms with Gasteiger partial charge >= 0.3 is 0 Å². The topological polar surface area (TPSA) is 38.9 Å². The van der Waals surface area contributed by atoms with Crippen molar-refractivity contribution >= 4 is 0 Å². The van der Waals surface area contributed by atoms with Gasteiger partial charge in [-0.1, -0.05) is 25.1 Å². The average molecular weight is 226 g/mol. The van der Waals surface area contributed by atoms with Crippen LogP contribution >= 0.6 is 0 Å². The van der Waals surface area contributed by atoms with E-state index in [1.165, 1.54) is 22.3 Å². The van der Waals surface area contributed by atoms with E-state index in [2.05, 4.69) is 43.1 Å². The van der Waals surface area contributed by atoms with Crippen molar-refractivity contribution in [2.45, 2.75) is 26.3 Å². The average Bonchev–Trinajstić information content (AvgIpc) is 2.38. The van der Waals surface area contributed by atoms with E-state index >= 15 is 0 Å². The summed E-state index contributed by atoms with van der Waals surface area (Å²) in [5, 5.41) is 0. The first kappa shape index (κ1) is 11.8. The van der Waals surface area contributed by atoms with Crippen LogP contribution in [0.25, 0.3) is 11.1 Å². The molecule has 2 nitrogen and oxygen atoms in total. The van der Waals surface area contributed by atoms with Crippen molar-refractivity contribution in [3.8, 4) is 11.1 Å². The Labute approximate surface area is 103 Å². The Hall–Kier alpha value is -1.67. The molecule has 1 unspecified atom stereocenters. The van der Waals surface area contributed by atoms with Crippen LogP contribution in [0.2, 0.25) is 0 Å². The predicted octanol–water partition coefficient (Wildman–Crippen LogP) is 3.47. The molecule has 0 aliphatic carbocycles. The Kier molecular flexibility index (Phi) is 3.55. The minimum Gasteiger partial charge on any atom is -0.324 e. The van der Waals surface area contributed by atoms with Crippen LogP contribution in [0.4, 0.5) is 0 Å². The summed E-state index contributed by atoms with van der Waals surface area (Å²) in [6.45, 7) is 4.18. The lowest BCUT2D eigenvalue weighted by atomic mass is 9.97. The highest BCUT2D eigenvalue weighted by molar-refractivity contribution is 5.67. The number of rotatable bonds is 3. The van der Waals surface area contributed by atoms with Crippen LogP contribution in [0, 0.1) is 6.92 Å². The van der Waals surface area contributed by atoms with Gasteiger partial charge in [0.2, 0.25) is 0 Å². The van der Waals surface area contributed by atoms with Crippen molar-refractivity contribution in [2.24, 2.45) is 5.73 Å². The first-order valence-electron chi connectivity index (χ1n) is 5.99. The Morgan fingerprint density at radius 3 is 2.82 bits per heavy atom. The number of nitrogens with two attached hydrogens (primary N) is 1. The second kappa shape index (κ2) is 5.11. The van der Waals surface area contributed by atoms with Crippen LogP contribution in [0.5, 0.6) is 0 Å². The number of hydrogen-bond acceptors (Lipinski definition) is 2. The third kappa shape index (κ3) is 2.53. The Morgan fingerprint density at radius 2 is 2.12 bits per heavy atom. The zero-order chi connectivity index (χ0) is 12.3. The van der Waals surface area contributed by atoms with Crippen molar-refractivity contribution in [1.29, 1.82) is 0 Å². The molecule has 2 rings (SSSR count). The lowest BCUT2D eigenvalue weighted by Gasteiger charge is -2.12. The molecular weight excluding hydrogens is 208 g/mol. The molecule has 0 bridgehead atoms. The van der Waals surface area contributed by atoms with E-state index in [9.17, 15) is 0 Å².